The molecule has 0 N–H and O–H groups in total. The molecule has 0 spiro atoms. The van der Waals surface area contributed by atoms with Gasteiger partial charge in [-0.05, 0) is 57.4 Å². The van der Waals surface area contributed by atoms with Crippen molar-refractivity contribution in [3.63, 3.8) is 0 Å². The van der Waals surface area contributed by atoms with Crippen LogP contribution in [-0.4, -0.2) is 32.1 Å². The first-order valence-corrected chi connectivity index (χ1v) is 8.90. The lowest BCUT2D eigenvalue weighted by Gasteiger charge is -2.25. The van der Waals surface area contributed by atoms with Crippen LogP contribution >= 0.6 is 0 Å². The number of hydrogen-bond acceptors (Lipinski definition) is 4. The molecule has 0 saturated carbocycles. The molecule has 6 nitrogen and oxygen atoms in total. The maximum Gasteiger partial charge on any atom is 0.256 e. The van der Waals surface area contributed by atoms with Crippen molar-refractivity contribution in [3.05, 3.63) is 64.9 Å². The third-order valence-corrected chi connectivity index (χ3v) is 5.11. The summed E-state index contributed by atoms with van der Waals surface area (Å²) in [5, 5.41) is 4.10. The number of hydrogen-bond donors (Lipinski definition) is 0. The Balaban J connectivity index is 1.68. The molecule has 26 heavy (non-hydrogen) atoms. The molecule has 1 aliphatic heterocycles. The average molecular weight is 350 g/mol. The molecule has 3 aromatic rings. The van der Waals surface area contributed by atoms with E-state index in [-0.39, 0.29) is 11.9 Å². The van der Waals surface area contributed by atoms with Crippen LogP contribution in [0.3, 0.4) is 0 Å². The van der Waals surface area contributed by atoms with E-state index in [4.69, 9.17) is 4.52 Å². The Morgan fingerprint density at radius 3 is 2.65 bits per heavy atom. The molecule has 1 unspecified atom stereocenters. The van der Waals surface area contributed by atoms with Gasteiger partial charge in [0.15, 0.2) is 5.82 Å². The summed E-state index contributed by atoms with van der Waals surface area (Å²) < 4.78 is 7.17. The second-order valence-corrected chi connectivity index (χ2v) is 6.85. The van der Waals surface area contributed by atoms with Crippen LogP contribution in [0, 0.1) is 20.8 Å². The second-order valence-electron chi connectivity index (χ2n) is 6.85. The van der Waals surface area contributed by atoms with E-state index in [1.54, 1.807) is 12.4 Å². The fourth-order valence-electron chi connectivity index (χ4n) is 3.89. The molecule has 134 valence electrons. The lowest BCUT2D eigenvalue weighted by molar-refractivity contribution is 0.0735. The largest absolute Gasteiger partial charge is 0.360 e. The smallest absolute Gasteiger partial charge is 0.256 e. The van der Waals surface area contributed by atoms with Gasteiger partial charge in [-0.15, -0.1) is 0 Å². The Hall–Kier alpha value is -2.89. The highest BCUT2D eigenvalue weighted by atomic mass is 16.5. The molecule has 4 rings (SSSR count). The van der Waals surface area contributed by atoms with E-state index in [2.05, 4.69) is 10.1 Å². The Morgan fingerprint density at radius 1 is 1.19 bits per heavy atom. The first-order chi connectivity index (χ1) is 12.6. The van der Waals surface area contributed by atoms with Crippen LogP contribution in [0.2, 0.25) is 0 Å². The van der Waals surface area contributed by atoms with Gasteiger partial charge < -0.3 is 9.42 Å². The zero-order chi connectivity index (χ0) is 18.3. The van der Waals surface area contributed by atoms with Gasteiger partial charge in [0.25, 0.3) is 5.91 Å². The molecular weight excluding hydrogens is 328 g/mol. The lowest BCUT2D eigenvalue weighted by atomic mass is 10.1. The van der Waals surface area contributed by atoms with Crippen LogP contribution in [0.4, 0.5) is 0 Å². The second kappa shape index (κ2) is 6.44. The third kappa shape index (κ3) is 2.71. The van der Waals surface area contributed by atoms with Gasteiger partial charge in [-0.2, -0.15) is 0 Å². The SMILES string of the molecule is Cc1cc(-n2c(C)cc(C(=O)N3CCCC3c3ccncc3)c2C)no1. The van der Waals surface area contributed by atoms with Crippen LogP contribution in [0.5, 0.6) is 0 Å². The number of aromatic nitrogens is 3. The van der Waals surface area contributed by atoms with Gasteiger partial charge in [0.1, 0.15) is 5.76 Å². The van der Waals surface area contributed by atoms with Crippen molar-refractivity contribution in [1.82, 2.24) is 19.6 Å². The maximum atomic E-state index is 13.3. The summed E-state index contributed by atoms with van der Waals surface area (Å²) in [7, 11) is 0. The number of pyridine rings is 1. The summed E-state index contributed by atoms with van der Waals surface area (Å²) in [6.07, 6.45) is 5.57. The number of aryl methyl sites for hydroxylation is 2. The highest BCUT2D eigenvalue weighted by Gasteiger charge is 2.32. The summed E-state index contributed by atoms with van der Waals surface area (Å²) in [6, 6.07) is 7.94. The molecule has 6 heteroatoms. The van der Waals surface area contributed by atoms with Crippen LogP contribution in [0.25, 0.3) is 5.82 Å². The van der Waals surface area contributed by atoms with E-state index < -0.39 is 0 Å². The molecule has 1 saturated heterocycles. The molecule has 1 atom stereocenters. The molecule has 1 amide bonds. The minimum atomic E-state index is 0.0730. The number of rotatable bonds is 3. The predicted molar refractivity (Wildman–Crippen MR) is 97.3 cm³/mol. The van der Waals surface area contributed by atoms with Gasteiger partial charge in [0.2, 0.25) is 0 Å². The van der Waals surface area contributed by atoms with Gasteiger partial charge >= 0.3 is 0 Å². The monoisotopic (exact) mass is 350 g/mol. The van der Waals surface area contributed by atoms with E-state index >= 15 is 0 Å². The molecule has 0 radical (unpaired) electrons. The van der Waals surface area contributed by atoms with Gasteiger partial charge in [0, 0.05) is 36.4 Å². The first-order valence-electron chi connectivity index (χ1n) is 8.90. The van der Waals surface area contributed by atoms with Gasteiger partial charge in [0.05, 0.1) is 11.6 Å². The highest BCUT2D eigenvalue weighted by molar-refractivity contribution is 5.96. The minimum Gasteiger partial charge on any atom is -0.360 e. The molecule has 1 aliphatic rings. The number of nitrogens with zero attached hydrogens (tertiary/aromatic N) is 4. The zero-order valence-corrected chi connectivity index (χ0v) is 15.3. The van der Waals surface area contributed by atoms with Crippen molar-refractivity contribution in [2.45, 2.75) is 39.7 Å². The van der Waals surface area contributed by atoms with E-state index in [9.17, 15) is 4.79 Å². The van der Waals surface area contributed by atoms with Crippen molar-refractivity contribution in [1.29, 1.82) is 0 Å². The van der Waals surface area contributed by atoms with E-state index in [0.29, 0.717) is 5.82 Å². The Bertz CT molecular complexity index is 942. The summed E-state index contributed by atoms with van der Waals surface area (Å²) in [6.45, 7) is 6.58. The van der Waals surface area contributed by atoms with E-state index in [0.717, 1.165) is 47.7 Å². The normalized spacial score (nSPS) is 17.0. The van der Waals surface area contributed by atoms with E-state index in [1.165, 1.54) is 0 Å². The quantitative estimate of drug-likeness (QED) is 0.721. The number of likely N-dealkylation sites (tertiary alicyclic amines) is 1. The average Bonchev–Trinajstić information content (AvgIpc) is 3.35. The predicted octanol–water partition coefficient (Wildman–Crippen LogP) is 3.76. The standard InChI is InChI=1S/C20H22N4O2/c1-13-11-17(15(3)24(13)19-12-14(2)26-22-19)20(25)23-10-4-5-18(23)16-6-8-21-9-7-16/h6-9,11-12,18H,4-5,10H2,1-3H3. The van der Waals surface area contributed by atoms with Crippen LogP contribution < -0.4 is 0 Å². The Labute approximate surface area is 152 Å². The lowest BCUT2D eigenvalue weighted by Crippen LogP contribution is -2.30. The van der Waals surface area contributed by atoms with Crippen molar-refractivity contribution in [2.75, 3.05) is 6.54 Å². The molecule has 4 heterocycles. The molecule has 0 bridgehead atoms. The summed E-state index contributed by atoms with van der Waals surface area (Å²) in [5.41, 5.74) is 3.73. The van der Waals surface area contributed by atoms with Gasteiger partial charge in [-0.3, -0.25) is 14.3 Å². The molecule has 0 aromatic carbocycles. The maximum absolute atomic E-state index is 13.3. The summed E-state index contributed by atoms with van der Waals surface area (Å²) in [4.78, 5) is 19.4. The van der Waals surface area contributed by atoms with Crippen molar-refractivity contribution in [2.24, 2.45) is 0 Å². The first kappa shape index (κ1) is 16.6. The van der Waals surface area contributed by atoms with E-state index in [1.807, 2.05) is 54.5 Å². The zero-order valence-electron chi connectivity index (χ0n) is 15.3. The molecule has 0 aliphatic carbocycles. The minimum absolute atomic E-state index is 0.0730. The molecular formula is C20H22N4O2. The summed E-state index contributed by atoms with van der Waals surface area (Å²) in [5.74, 6) is 1.53. The number of carbonyl (C=O) groups excluding carboxylic acids is 1. The van der Waals surface area contributed by atoms with Crippen LogP contribution in [-0.2, 0) is 0 Å². The molecule has 3 aromatic heterocycles. The van der Waals surface area contributed by atoms with Crippen molar-refractivity contribution in [3.8, 4) is 5.82 Å². The fraction of sp³-hybridized carbons (Fsp3) is 0.350. The Kier molecular flexibility index (Phi) is 4.11. The molecule has 1 fully saturated rings. The van der Waals surface area contributed by atoms with Gasteiger partial charge in [-0.1, -0.05) is 5.16 Å². The van der Waals surface area contributed by atoms with Gasteiger partial charge in [-0.25, -0.2) is 0 Å². The number of carbonyl (C=O) groups is 1. The van der Waals surface area contributed by atoms with Crippen molar-refractivity contribution < 1.29 is 9.32 Å². The highest BCUT2D eigenvalue weighted by Crippen LogP contribution is 2.34. The number of amides is 1. The fourth-order valence-corrected chi connectivity index (χ4v) is 3.89. The van der Waals surface area contributed by atoms with Crippen LogP contribution in [0.1, 0.15) is 52.0 Å². The topological polar surface area (TPSA) is 64.2 Å². The van der Waals surface area contributed by atoms with Crippen LogP contribution in [0.15, 0.2) is 41.2 Å². The Morgan fingerprint density at radius 2 is 1.96 bits per heavy atom. The van der Waals surface area contributed by atoms with Crippen molar-refractivity contribution >= 4 is 5.91 Å². The third-order valence-electron chi connectivity index (χ3n) is 5.11. The summed E-state index contributed by atoms with van der Waals surface area (Å²) >= 11 is 0.